The number of nitrogen functional groups attached to an aromatic ring is 1. The Morgan fingerprint density at radius 1 is 1.30 bits per heavy atom. The first-order chi connectivity index (χ1) is 9.56. The van der Waals surface area contributed by atoms with Gasteiger partial charge in [-0.05, 0) is 26.8 Å². The molecular weight excluding hydrogens is 254 g/mol. The van der Waals surface area contributed by atoms with Crippen LogP contribution in [0, 0.1) is 0 Å². The first kappa shape index (κ1) is 14.8. The molecule has 0 bridgehead atoms. The second-order valence-electron chi connectivity index (χ2n) is 5.42. The maximum absolute atomic E-state index is 6.04. The Morgan fingerprint density at radius 2 is 1.90 bits per heavy atom. The summed E-state index contributed by atoms with van der Waals surface area (Å²) in [5.74, 6) is 1.34. The van der Waals surface area contributed by atoms with Gasteiger partial charge >= 0.3 is 0 Å². The van der Waals surface area contributed by atoms with Gasteiger partial charge in [0, 0.05) is 30.8 Å². The van der Waals surface area contributed by atoms with Crippen molar-refractivity contribution in [3.05, 3.63) is 12.1 Å². The van der Waals surface area contributed by atoms with Gasteiger partial charge < -0.3 is 20.5 Å². The third kappa shape index (κ3) is 3.28. The molecule has 0 aromatic heterocycles. The summed E-state index contributed by atoms with van der Waals surface area (Å²) in [6, 6.07) is 4.90. The summed E-state index contributed by atoms with van der Waals surface area (Å²) in [7, 11) is 5.42. The molecule has 112 valence electrons. The number of hydrogen-bond donors (Lipinski definition) is 2. The van der Waals surface area contributed by atoms with Crippen molar-refractivity contribution in [2.45, 2.75) is 31.8 Å². The number of rotatable bonds is 7. The van der Waals surface area contributed by atoms with E-state index < -0.39 is 0 Å². The molecule has 1 aliphatic carbocycles. The molecule has 5 heteroatoms. The highest BCUT2D eigenvalue weighted by Crippen LogP contribution is 2.35. The zero-order valence-corrected chi connectivity index (χ0v) is 12.8. The Kier molecular flexibility index (Phi) is 4.60. The van der Waals surface area contributed by atoms with Gasteiger partial charge in [-0.2, -0.15) is 0 Å². The van der Waals surface area contributed by atoms with Crippen molar-refractivity contribution in [3.63, 3.8) is 0 Å². The van der Waals surface area contributed by atoms with Crippen molar-refractivity contribution in [2.75, 3.05) is 38.9 Å². The lowest BCUT2D eigenvalue weighted by atomic mass is 10.2. The van der Waals surface area contributed by atoms with Crippen LogP contribution in [0.3, 0.4) is 0 Å². The van der Waals surface area contributed by atoms with Crippen LogP contribution in [0.15, 0.2) is 12.1 Å². The second kappa shape index (κ2) is 6.22. The van der Waals surface area contributed by atoms with Crippen molar-refractivity contribution in [2.24, 2.45) is 0 Å². The smallest absolute Gasteiger partial charge is 0.162 e. The summed E-state index contributed by atoms with van der Waals surface area (Å²) in [4.78, 5) is 2.42. The number of ether oxygens (including phenoxy) is 2. The molecule has 1 atom stereocenters. The Morgan fingerprint density at radius 3 is 2.45 bits per heavy atom. The first-order valence-corrected chi connectivity index (χ1v) is 7.04. The monoisotopic (exact) mass is 279 g/mol. The second-order valence-corrected chi connectivity index (χ2v) is 5.42. The highest BCUT2D eigenvalue weighted by atomic mass is 16.5. The SMILES string of the molecule is COc1cc(N)c(NCC(C)N(C)C2CC2)cc1OC. The van der Waals surface area contributed by atoms with Gasteiger partial charge in [-0.1, -0.05) is 0 Å². The van der Waals surface area contributed by atoms with Crippen LogP contribution in [0.2, 0.25) is 0 Å². The first-order valence-electron chi connectivity index (χ1n) is 7.04. The molecule has 0 aliphatic heterocycles. The van der Waals surface area contributed by atoms with E-state index in [0.29, 0.717) is 23.2 Å². The molecule has 1 aromatic carbocycles. The summed E-state index contributed by atoms with van der Waals surface area (Å²) in [5, 5.41) is 3.40. The van der Waals surface area contributed by atoms with Crippen LogP contribution < -0.4 is 20.5 Å². The maximum Gasteiger partial charge on any atom is 0.162 e. The average Bonchev–Trinajstić information content (AvgIpc) is 3.28. The van der Waals surface area contributed by atoms with E-state index in [4.69, 9.17) is 15.2 Å². The van der Waals surface area contributed by atoms with Crippen LogP contribution in [0.5, 0.6) is 11.5 Å². The van der Waals surface area contributed by atoms with Crippen LogP contribution in [0.4, 0.5) is 11.4 Å². The van der Waals surface area contributed by atoms with Crippen LogP contribution in [-0.4, -0.2) is 44.8 Å². The van der Waals surface area contributed by atoms with Gasteiger partial charge in [-0.15, -0.1) is 0 Å². The summed E-state index contributed by atoms with van der Waals surface area (Å²) in [6.07, 6.45) is 2.64. The molecule has 1 aliphatic rings. The van der Waals surface area contributed by atoms with E-state index in [0.717, 1.165) is 18.3 Å². The lowest BCUT2D eigenvalue weighted by Gasteiger charge is -2.25. The topological polar surface area (TPSA) is 59.8 Å². The molecule has 0 spiro atoms. The zero-order chi connectivity index (χ0) is 14.7. The molecule has 5 nitrogen and oxygen atoms in total. The lowest BCUT2D eigenvalue weighted by Crippen LogP contribution is -2.36. The third-order valence-electron chi connectivity index (χ3n) is 3.96. The molecular formula is C15H25N3O2. The predicted molar refractivity (Wildman–Crippen MR) is 82.7 cm³/mol. The number of hydrogen-bond acceptors (Lipinski definition) is 5. The van der Waals surface area contributed by atoms with Crippen molar-refractivity contribution in [1.82, 2.24) is 4.90 Å². The summed E-state index contributed by atoms with van der Waals surface area (Å²) in [6.45, 7) is 3.08. The highest BCUT2D eigenvalue weighted by molar-refractivity contribution is 5.72. The van der Waals surface area contributed by atoms with Crippen molar-refractivity contribution in [1.29, 1.82) is 0 Å². The average molecular weight is 279 g/mol. The van der Waals surface area contributed by atoms with Crippen LogP contribution >= 0.6 is 0 Å². The van der Waals surface area contributed by atoms with Gasteiger partial charge in [0.05, 0.1) is 25.6 Å². The van der Waals surface area contributed by atoms with E-state index in [1.807, 2.05) is 6.07 Å². The quantitative estimate of drug-likeness (QED) is 0.749. The molecule has 0 saturated heterocycles. The molecule has 2 rings (SSSR count). The van der Waals surface area contributed by atoms with E-state index in [1.54, 1.807) is 20.3 Å². The molecule has 3 N–H and O–H groups in total. The Labute approximate surface area is 121 Å². The Hall–Kier alpha value is -1.62. The highest BCUT2D eigenvalue weighted by Gasteiger charge is 2.28. The molecule has 20 heavy (non-hydrogen) atoms. The largest absolute Gasteiger partial charge is 0.493 e. The van der Waals surface area contributed by atoms with Crippen LogP contribution in [0.25, 0.3) is 0 Å². The van der Waals surface area contributed by atoms with E-state index in [2.05, 4.69) is 24.2 Å². The fourth-order valence-electron chi connectivity index (χ4n) is 2.29. The van der Waals surface area contributed by atoms with Crippen molar-refractivity contribution in [3.8, 4) is 11.5 Å². The number of anilines is 2. The number of methoxy groups -OCH3 is 2. The van der Waals surface area contributed by atoms with Crippen molar-refractivity contribution < 1.29 is 9.47 Å². The fourth-order valence-corrected chi connectivity index (χ4v) is 2.29. The van der Waals surface area contributed by atoms with Crippen LogP contribution in [-0.2, 0) is 0 Å². The van der Waals surface area contributed by atoms with E-state index in [-0.39, 0.29) is 0 Å². The standard InChI is InChI=1S/C15H25N3O2/c1-10(18(2)11-5-6-11)9-17-13-8-15(20-4)14(19-3)7-12(13)16/h7-8,10-11,17H,5-6,9,16H2,1-4H3. The molecule has 0 radical (unpaired) electrons. The molecule has 0 amide bonds. The number of likely N-dealkylation sites (N-methyl/N-ethyl adjacent to an activating group) is 1. The van der Waals surface area contributed by atoms with E-state index >= 15 is 0 Å². The summed E-state index contributed by atoms with van der Waals surface area (Å²) >= 11 is 0. The summed E-state index contributed by atoms with van der Waals surface area (Å²) < 4.78 is 10.5. The van der Waals surface area contributed by atoms with Crippen molar-refractivity contribution >= 4 is 11.4 Å². The van der Waals surface area contributed by atoms with Gasteiger partial charge in [0.2, 0.25) is 0 Å². The zero-order valence-electron chi connectivity index (χ0n) is 12.8. The van der Waals surface area contributed by atoms with E-state index in [9.17, 15) is 0 Å². The van der Waals surface area contributed by atoms with Gasteiger partial charge in [-0.25, -0.2) is 0 Å². The summed E-state index contributed by atoms with van der Waals surface area (Å²) in [5.41, 5.74) is 7.60. The predicted octanol–water partition coefficient (Wildman–Crippen LogP) is 2.18. The minimum atomic E-state index is 0.468. The number of benzene rings is 1. The minimum absolute atomic E-state index is 0.468. The maximum atomic E-state index is 6.04. The van der Waals surface area contributed by atoms with Gasteiger partial charge in [-0.3, -0.25) is 4.90 Å². The molecule has 0 heterocycles. The number of nitrogens with two attached hydrogens (primary N) is 1. The molecule has 1 fully saturated rings. The van der Waals surface area contributed by atoms with Gasteiger partial charge in [0.25, 0.3) is 0 Å². The minimum Gasteiger partial charge on any atom is -0.493 e. The molecule has 1 unspecified atom stereocenters. The van der Waals surface area contributed by atoms with Gasteiger partial charge in [0.1, 0.15) is 0 Å². The lowest BCUT2D eigenvalue weighted by molar-refractivity contribution is 0.257. The van der Waals surface area contributed by atoms with E-state index in [1.165, 1.54) is 12.8 Å². The Bertz CT molecular complexity index is 461. The third-order valence-corrected chi connectivity index (χ3v) is 3.96. The number of nitrogens with zero attached hydrogens (tertiary/aromatic N) is 1. The fraction of sp³-hybridized carbons (Fsp3) is 0.600. The number of nitrogens with one attached hydrogen (secondary N) is 1. The van der Waals surface area contributed by atoms with Crippen LogP contribution in [0.1, 0.15) is 19.8 Å². The Balaban J connectivity index is 2.01. The van der Waals surface area contributed by atoms with Gasteiger partial charge in [0.15, 0.2) is 11.5 Å². The molecule has 1 saturated carbocycles. The molecule has 1 aromatic rings. The normalized spacial score (nSPS) is 16.1.